The summed E-state index contributed by atoms with van der Waals surface area (Å²) in [4.78, 5) is 22.8. The van der Waals surface area contributed by atoms with Gasteiger partial charge in [0.15, 0.2) is 5.78 Å². The van der Waals surface area contributed by atoms with Crippen LogP contribution in [0.1, 0.15) is 63.7 Å². The standard InChI is InChI=1S/C20H30O4/c1-2-3-6-10-17(21)13-14-18-16(12-15-19(18)22)9-7-4-5-8-11-20(23)24/h4,7,12-18,21H,2-3,5-6,8-11H2,1H3,(H,23,24)/b7-4-,14-13+/t16-,17-,18+/m0/s1/i5D2,8D2. The van der Waals surface area contributed by atoms with Crippen LogP contribution in [0.2, 0.25) is 0 Å². The zero-order valence-electron chi connectivity index (χ0n) is 18.1. The summed E-state index contributed by atoms with van der Waals surface area (Å²) in [6, 6.07) is 0. The number of ketones is 1. The molecule has 0 unspecified atom stereocenters. The van der Waals surface area contributed by atoms with Crippen LogP contribution in [0, 0.1) is 11.8 Å². The predicted octanol–water partition coefficient (Wildman–Crippen LogP) is 4.06. The zero-order valence-corrected chi connectivity index (χ0v) is 14.1. The van der Waals surface area contributed by atoms with Crippen molar-refractivity contribution in [1.29, 1.82) is 0 Å². The molecule has 134 valence electrons. The highest BCUT2D eigenvalue weighted by atomic mass is 16.4. The van der Waals surface area contributed by atoms with E-state index in [9.17, 15) is 14.7 Å². The Morgan fingerprint density at radius 2 is 2.21 bits per heavy atom. The summed E-state index contributed by atoms with van der Waals surface area (Å²) in [6.45, 7) is 2.08. The highest BCUT2D eigenvalue weighted by Crippen LogP contribution is 2.27. The highest BCUT2D eigenvalue weighted by Gasteiger charge is 2.26. The minimum atomic E-state index is -2.54. The van der Waals surface area contributed by atoms with Gasteiger partial charge in [0.25, 0.3) is 0 Å². The molecule has 0 saturated heterocycles. The number of aliphatic hydroxyl groups excluding tert-OH is 1. The third-order valence-corrected chi connectivity index (χ3v) is 3.89. The fourth-order valence-electron chi connectivity index (χ4n) is 2.54. The number of carbonyl (C=O) groups is 2. The lowest BCUT2D eigenvalue weighted by atomic mass is 9.90. The summed E-state index contributed by atoms with van der Waals surface area (Å²) >= 11 is 0. The molecule has 0 aromatic rings. The second kappa shape index (κ2) is 11.8. The number of rotatable bonds is 12. The summed E-state index contributed by atoms with van der Waals surface area (Å²) in [7, 11) is 0. The minimum Gasteiger partial charge on any atom is -0.481 e. The Balaban J connectivity index is 2.69. The van der Waals surface area contributed by atoms with Crippen LogP contribution in [0.15, 0.2) is 36.5 Å². The van der Waals surface area contributed by atoms with Crippen molar-refractivity contribution in [2.45, 2.75) is 64.3 Å². The number of unbranched alkanes of at least 4 members (excludes halogenated alkanes) is 2. The van der Waals surface area contributed by atoms with Gasteiger partial charge in [0.05, 0.1) is 6.10 Å². The fraction of sp³-hybridized carbons (Fsp3) is 0.600. The van der Waals surface area contributed by atoms with Crippen molar-refractivity contribution in [3.8, 4) is 0 Å². The molecule has 0 amide bonds. The number of hydrogen-bond acceptors (Lipinski definition) is 3. The van der Waals surface area contributed by atoms with Crippen LogP contribution in [0.5, 0.6) is 0 Å². The molecule has 3 atom stereocenters. The molecule has 0 spiro atoms. The molecule has 0 aromatic heterocycles. The van der Waals surface area contributed by atoms with Crippen LogP contribution < -0.4 is 0 Å². The molecule has 0 aliphatic heterocycles. The fourth-order valence-corrected chi connectivity index (χ4v) is 2.54. The molecule has 1 aliphatic carbocycles. The molecule has 0 radical (unpaired) electrons. The van der Waals surface area contributed by atoms with Gasteiger partial charge in [-0.25, -0.2) is 0 Å². The quantitative estimate of drug-likeness (QED) is 0.416. The van der Waals surface area contributed by atoms with E-state index in [1.54, 1.807) is 18.2 Å². The van der Waals surface area contributed by atoms with E-state index in [1.807, 2.05) is 0 Å². The number of carboxylic acid groups (broad SMARTS) is 1. The number of carbonyl (C=O) groups excluding carboxylic acids is 1. The van der Waals surface area contributed by atoms with Gasteiger partial charge in [-0.2, -0.15) is 0 Å². The molecule has 4 nitrogen and oxygen atoms in total. The van der Waals surface area contributed by atoms with E-state index in [4.69, 9.17) is 10.6 Å². The topological polar surface area (TPSA) is 74.6 Å². The van der Waals surface area contributed by atoms with Gasteiger partial charge in [-0.15, -0.1) is 0 Å². The summed E-state index contributed by atoms with van der Waals surface area (Å²) in [5.74, 6) is -2.13. The summed E-state index contributed by atoms with van der Waals surface area (Å²) in [6.07, 6.45) is 6.45. The third-order valence-electron chi connectivity index (χ3n) is 3.89. The van der Waals surface area contributed by atoms with Crippen molar-refractivity contribution in [3.05, 3.63) is 36.5 Å². The molecule has 4 heteroatoms. The van der Waals surface area contributed by atoms with Crippen LogP contribution >= 0.6 is 0 Å². The van der Waals surface area contributed by atoms with Gasteiger partial charge in [-0.3, -0.25) is 9.59 Å². The maximum absolute atomic E-state index is 12.1. The van der Waals surface area contributed by atoms with Gasteiger partial charge in [-0.1, -0.05) is 56.6 Å². The van der Waals surface area contributed by atoms with E-state index in [-0.39, 0.29) is 11.7 Å². The molecular weight excluding hydrogens is 304 g/mol. The smallest absolute Gasteiger partial charge is 0.303 e. The Morgan fingerprint density at radius 3 is 2.92 bits per heavy atom. The van der Waals surface area contributed by atoms with E-state index < -0.39 is 37.2 Å². The molecule has 0 heterocycles. The second-order valence-electron chi connectivity index (χ2n) is 5.93. The summed E-state index contributed by atoms with van der Waals surface area (Å²) in [5, 5.41) is 18.7. The molecule has 0 saturated carbocycles. The van der Waals surface area contributed by atoms with Crippen LogP contribution in [-0.2, 0) is 9.59 Å². The van der Waals surface area contributed by atoms with Gasteiger partial charge in [-0.05, 0) is 37.6 Å². The predicted molar refractivity (Wildman–Crippen MR) is 95.7 cm³/mol. The molecular formula is C20H30O4. The number of carboxylic acids is 1. The monoisotopic (exact) mass is 338 g/mol. The molecule has 1 aliphatic rings. The van der Waals surface area contributed by atoms with Gasteiger partial charge >= 0.3 is 5.97 Å². The Hall–Kier alpha value is -1.68. The van der Waals surface area contributed by atoms with Crippen molar-refractivity contribution in [2.24, 2.45) is 11.8 Å². The lowest BCUT2D eigenvalue weighted by Gasteiger charge is -2.13. The van der Waals surface area contributed by atoms with Crippen LogP contribution in [0.25, 0.3) is 0 Å². The maximum Gasteiger partial charge on any atom is 0.303 e. The van der Waals surface area contributed by atoms with Crippen LogP contribution in [-0.4, -0.2) is 28.1 Å². The van der Waals surface area contributed by atoms with Gasteiger partial charge < -0.3 is 10.2 Å². The second-order valence-corrected chi connectivity index (χ2v) is 5.93. The third kappa shape index (κ3) is 8.25. The molecule has 0 fully saturated rings. The largest absolute Gasteiger partial charge is 0.481 e. The molecule has 1 rings (SSSR count). The van der Waals surface area contributed by atoms with Gasteiger partial charge in [0.1, 0.15) is 0 Å². The van der Waals surface area contributed by atoms with Gasteiger partial charge in [0, 0.05) is 17.8 Å². The highest BCUT2D eigenvalue weighted by molar-refractivity contribution is 5.95. The van der Waals surface area contributed by atoms with E-state index >= 15 is 0 Å². The first-order valence-corrected chi connectivity index (χ1v) is 8.48. The van der Waals surface area contributed by atoms with E-state index in [0.29, 0.717) is 12.8 Å². The minimum absolute atomic E-state index is 0.0837. The number of allylic oxidation sites excluding steroid dienone is 5. The van der Waals surface area contributed by atoms with Crippen molar-refractivity contribution < 1.29 is 25.3 Å². The number of hydrogen-bond donors (Lipinski definition) is 2. The lowest BCUT2D eigenvalue weighted by Crippen LogP contribution is -2.14. The maximum atomic E-state index is 12.1. The molecule has 2 N–H and O–H groups in total. The van der Waals surface area contributed by atoms with Crippen molar-refractivity contribution >= 4 is 11.8 Å². The number of aliphatic carboxylic acids is 1. The molecule has 0 bridgehead atoms. The first-order valence-electron chi connectivity index (χ1n) is 10.5. The first kappa shape index (κ1) is 14.6. The molecule has 24 heavy (non-hydrogen) atoms. The SMILES string of the molecule is [2H]C([2H])(/C=C\C[C@H]1C=CC(=O)[C@@H]1/C=C/[C@@H](O)CCCCC)C([2H])([2H])CC(=O)O. The van der Waals surface area contributed by atoms with Crippen molar-refractivity contribution in [2.75, 3.05) is 0 Å². The van der Waals surface area contributed by atoms with E-state index in [0.717, 1.165) is 25.3 Å². The van der Waals surface area contributed by atoms with Crippen molar-refractivity contribution in [3.63, 3.8) is 0 Å². The summed E-state index contributed by atoms with van der Waals surface area (Å²) < 4.78 is 30.9. The lowest BCUT2D eigenvalue weighted by molar-refractivity contribution is -0.137. The average Bonchev–Trinajstić information content (AvgIpc) is 2.92. The number of aliphatic hydroxyl groups is 1. The van der Waals surface area contributed by atoms with E-state index in [1.165, 1.54) is 12.2 Å². The normalized spacial score (nSPS) is 25.7. The van der Waals surface area contributed by atoms with Gasteiger partial charge in [0.2, 0.25) is 0 Å². The zero-order chi connectivity index (χ0) is 21.4. The summed E-state index contributed by atoms with van der Waals surface area (Å²) in [5.41, 5.74) is 0. The van der Waals surface area contributed by atoms with Crippen molar-refractivity contribution in [1.82, 2.24) is 0 Å². The first-order chi connectivity index (χ1) is 13.0. The Bertz CT molecular complexity index is 626. The Labute approximate surface area is 150 Å². The van der Waals surface area contributed by atoms with Crippen LogP contribution in [0.4, 0.5) is 0 Å². The van der Waals surface area contributed by atoms with Crippen LogP contribution in [0.3, 0.4) is 0 Å². The molecule has 0 aromatic carbocycles. The Morgan fingerprint density at radius 1 is 1.42 bits per heavy atom. The van der Waals surface area contributed by atoms with E-state index in [2.05, 4.69) is 6.92 Å². The average molecular weight is 338 g/mol. The Kier molecular flexibility index (Phi) is 7.20.